The summed E-state index contributed by atoms with van der Waals surface area (Å²) in [5.74, 6) is -0.228. The molecule has 100 valence electrons. The Hall–Kier alpha value is -0.450. The molecule has 1 saturated carbocycles. The van der Waals surface area contributed by atoms with Crippen molar-refractivity contribution >= 4 is 15.9 Å². The van der Waals surface area contributed by atoms with E-state index in [0.717, 1.165) is 29.4 Å². The lowest BCUT2D eigenvalue weighted by atomic mass is 9.87. The summed E-state index contributed by atoms with van der Waals surface area (Å²) in [7, 11) is 0. The molecule has 18 heavy (non-hydrogen) atoms. The smallest absolute Gasteiger partial charge is 0.124 e. The average molecular weight is 316 g/mol. The normalized spacial score (nSPS) is 18.2. The highest BCUT2D eigenvalue weighted by Gasteiger charge is 2.32. The van der Waals surface area contributed by atoms with Crippen molar-refractivity contribution < 1.29 is 9.50 Å². The van der Waals surface area contributed by atoms with Gasteiger partial charge < -0.3 is 10.4 Å². The summed E-state index contributed by atoms with van der Waals surface area (Å²) in [4.78, 5) is 0. The summed E-state index contributed by atoms with van der Waals surface area (Å²) >= 11 is 3.36. The van der Waals surface area contributed by atoms with Crippen LogP contribution < -0.4 is 5.32 Å². The molecule has 1 aliphatic rings. The van der Waals surface area contributed by atoms with Crippen LogP contribution >= 0.6 is 15.9 Å². The van der Waals surface area contributed by atoms with Gasteiger partial charge in [0.15, 0.2) is 0 Å². The molecule has 0 aliphatic heterocycles. The van der Waals surface area contributed by atoms with E-state index in [4.69, 9.17) is 0 Å². The lowest BCUT2D eigenvalue weighted by Gasteiger charge is -2.26. The third kappa shape index (κ3) is 3.31. The van der Waals surface area contributed by atoms with Gasteiger partial charge in [-0.2, -0.15) is 0 Å². The lowest BCUT2D eigenvalue weighted by Crippen LogP contribution is -2.34. The Morgan fingerprint density at radius 1 is 1.33 bits per heavy atom. The highest BCUT2D eigenvalue weighted by molar-refractivity contribution is 9.10. The first-order valence-corrected chi connectivity index (χ1v) is 7.20. The SMILES string of the molecule is OCC1(CNCc2ccc(F)cc2Br)CCCC1. The molecule has 2 nitrogen and oxygen atoms in total. The van der Waals surface area contributed by atoms with Crippen molar-refractivity contribution in [3.8, 4) is 0 Å². The first-order chi connectivity index (χ1) is 8.65. The Kier molecular flexibility index (Phi) is 4.76. The molecule has 2 N–H and O–H groups in total. The Morgan fingerprint density at radius 3 is 2.67 bits per heavy atom. The number of hydrogen-bond donors (Lipinski definition) is 2. The van der Waals surface area contributed by atoms with Gasteiger partial charge in [-0.05, 0) is 30.5 Å². The molecule has 1 aliphatic carbocycles. The molecule has 0 aromatic heterocycles. The van der Waals surface area contributed by atoms with Gasteiger partial charge in [-0.25, -0.2) is 4.39 Å². The molecule has 0 amide bonds. The van der Waals surface area contributed by atoms with E-state index in [1.807, 2.05) is 0 Å². The first kappa shape index (κ1) is 14.0. The van der Waals surface area contributed by atoms with E-state index in [0.29, 0.717) is 6.54 Å². The van der Waals surface area contributed by atoms with Gasteiger partial charge in [-0.3, -0.25) is 0 Å². The number of benzene rings is 1. The van der Waals surface area contributed by atoms with Gasteiger partial charge in [-0.15, -0.1) is 0 Å². The van der Waals surface area contributed by atoms with Crippen molar-refractivity contribution in [1.29, 1.82) is 0 Å². The van der Waals surface area contributed by atoms with Gasteiger partial charge in [0.25, 0.3) is 0 Å². The molecule has 0 radical (unpaired) electrons. The lowest BCUT2D eigenvalue weighted by molar-refractivity contribution is 0.128. The molecule has 1 fully saturated rings. The van der Waals surface area contributed by atoms with Crippen LogP contribution in [-0.2, 0) is 6.54 Å². The second-order valence-electron chi connectivity index (χ2n) is 5.20. The summed E-state index contributed by atoms with van der Waals surface area (Å²) in [5.41, 5.74) is 1.11. The fourth-order valence-electron chi connectivity index (χ4n) is 2.64. The zero-order valence-corrected chi connectivity index (χ0v) is 12.0. The van der Waals surface area contributed by atoms with Gasteiger partial charge in [0.05, 0.1) is 0 Å². The van der Waals surface area contributed by atoms with Gasteiger partial charge in [0.2, 0.25) is 0 Å². The van der Waals surface area contributed by atoms with Crippen LogP contribution in [0.5, 0.6) is 0 Å². The van der Waals surface area contributed by atoms with E-state index in [2.05, 4.69) is 21.2 Å². The van der Waals surface area contributed by atoms with Crippen LogP contribution in [0.2, 0.25) is 0 Å². The highest BCUT2D eigenvalue weighted by atomic mass is 79.9. The summed E-state index contributed by atoms with van der Waals surface area (Å²) in [6.07, 6.45) is 4.62. The predicted octanol–water partition coefficient (Wildman–Crippen LogP) is 3.23. The van der Waals surface area contributed by atoms with E-state index < -0.39 is 0 Å². The predicted molar refractivity (Wildman–Crippen MR) is 73.8 cm³/mol. The highest BCUT2D eigenvalue weighted by Crippen LogP contribution is 2.37. The van der Waals surface area contributed by atoms with Crippen LogP contribution in [0.15, 0.2) is 22.7 Å². The summed E-state index contributed by atoms with van der Waals surface area (Å²) < 4.78 is 13.7. The van der Waals surface area contributed by atoms with E-state index in [9.17, 15) is 9.50 Å². The zero-order valence-electron chi connectivity index (χ0n) is 10.4. The number of nitrogens with one attached hydrogen (secondary N) is 1. The van der Waals surface area contributed by atoms with Crippen LogP contribution in [0.4, 0.5) is 4.39 Å². The van der Waals surface area contributed by atoms with Gasteiger partial charge in [0.1, 0.15) is 5.82 Å². The molecular weight excluding hydrogens is 297 g/mol. The largest absolute Gasteiger partial charge is 0.396 e. The summed E-state index contributed by atoms with van der Waals surface area (Å²) in [5, 5.41) is 12.9. The maximum absolute atomic E-state index is 12.9. The monoisotopic (exact) mass is 315 g/mol. The topological polar surface area (TPSA) is 32.3 Å². The van der Waals surface area contributed by atoms with Crippen molar-refractivity contribution in [2.24, 2.45) is 5.41 Å². The maximum atomic E-state index is 12.9. The molecule has 4 heteroatoms. The quantitative estimate of drug-likeness (QED) is 0.874. The van der Waals surface area contributed by atoms with Gasteiger partial charge in [-0.1, -0.05) is 34.8 Å². The first-order valence-electron chi connectivity index (χ1n) is 6.41. The molecule has 1 aromatic carbocycles. The Bertz CT molecular complexity index is 405. The third-order valence-electron chi connectivity index (χ3n) is 3.83. The molecule has 0 atom stereocenters. The zero-order chi connectivity index (χ0) is 13.0. The molecular formula is C14H19BrFNO. The van der Waals surface area contributed by atoms with Crippen LogP contribution in [-0.4, -0.2) is 18.3 Å². The van der Waals surface area contributed by atoms with Gasteiger partial charge in [0, 0.05) is 29.6 Å². The molecule has 0 saturated heterocycles. The minimum absolute atomic E-state index is 0.0620. The van der Waals surface area contributed by atoms with E-state index >= 15 is 0 Å². The molecule has 1 aromatic rings. The number of halogens is 2. The minimum atomic E-state index is -0.228. The van der Waals surface area contributed by atoms with Crippen molar-refractivity contribution in [1.82, 2.24) is 5.32 Å². The molecule has 0 unspecified atom stereocenters. The molecule has 0 bridgehead atoms. The fourth-order valence-corrected chi connectivity index (χ4v) is 3.13. The van der Waals surface area contributed by atoms with Crippen LogP contribution in [0.1, 0.15) is 31.2 Å². The summed E-state index contributed by atoms with van der Waals surface area (Å²) in [6.45, 7) is 1.78. The molecule has 0 heterocycles. The van der Waals surface area contributed by atoms with Crippen molar-refractivity contribution in [3.63, 3.8) is 0 Å². The second kappa shape index (κ2) is 6.13. The number of aliphatic hydroxyl groups is 1. The van der Waals surface area contributed by atoms with Gasteiger partial charge >= 0.3 is 0 Å². The summed E-state index contributed by atoms with van der Waals surface area (Å²) in [6, 6.07) is 4.74. The Labute approximate surface area is 116 Å². The molecule has 0 spiro atoms. The fraction of sp³-hybridized carbons (Fsp3) is 0.571. The average Bonchev–Trinajstić information content (AvgIpc) is 2.81. The third-order valence-corrected chi connectivity index (χ3v) is 4.57. The van der Waals surface area contributed by atoms with Crippen molar-refractivity contribution in [2.75, 3.05) is 13.2 Å². The second-order valence-corrected chi connectivity index (χ2v) is 6.06. The van der Waals surface area contributed by atoms with E-state index in [-0.39, 0.29) is 17.8 Å². The van der Waals surface area contributed by atoms with Crippen LogP contribution in [0.25, 0.3) is 0 Å². The van der Waals surface area contributed by atoms with E-state index in [1.165, 1.54) is 25.0 Å². The van der Waals surface area contributed by atoms with Crippen molar-refractivity contribution in [2.45, 2.75) is 32.2 Å². The Balaban J connectivity index is 1.88. The maximum Gasteiger partial charge on any atom is 0.124 e. The van der Waals surface area contributed by atoms with E-state index in [1.54, 1.807) is 6.07 Å². The van der Waals surface area contributed by atoms with Crippen molar-refractivity contribution in [3.05, 3.63) is 34.1 Å². The number of aliphatic hydroxyl groups excluding tert-OH is 1. The number of rotatable bonds is 5. The molecule has 2 rings (SSSR count). The number of hydrogen-bond acceptors (Lipinski definition) is 2. The van der Waals surface area contributed by atoms with Crippen LogP contribution in [0, 0.1) is 11.2 Å². The Morgan fingerprint density at radius 2 is 2.06 bits per heavy atom. The minimum Gasteiger partial charge on any atom is -0.396 e. The van der Waals surface area contributed by atoms with Crippen LogP contribution in [0.3, 0.4) is 0 Å². The standard InChI is InChI=1S/C14H19BrFNO/c15-13-7-12(16)4-3-11(13)8-17-9-14(10-18)5-1-2-6-14/h3-4,7,17-18H,1-2,5-6,8-10H2.